The van der Waals surface area contributed by atoms with E-state index in [1.807, 2.05) is 0 Å². The molecule has 2 nitrogen and oxygen atoms in total. The van der Waals surface area contributed by atoms with Crippen LogP contribution in [0, 0.1) is 0 Å². The molecule has 0 aliphatic heterocycles. The van der Waals surface area contributed by atoms with Crippen molar-refractivity contribution in [3.63, 3.8) is 0 Å². The number of hydrogen-bond acceptors (Lipinski definition) is 2. The highest BCUT2D eigenvalue weighted by Gasteiger charge is 2.47. The minimum atomic E-state index is -1.49. The van der Waals surface area contributed by atoms with Crippen molar-refractivity contribution in [1.29, 1.82) is 0 Å². The van der Waals surface area contributed by atoms with Crippen molar-refractivity contribution in [2.24, 2.45) is 0 Å². The third-order valence-electron chi connectivity index (χ3n) is 3.69. The molecular formula is C12H30N2Si. The van der Waals surface area contributed by atoms with E-state index < -0.39 is 8.40 Å². The molecule has 0 fully saturated rings. The van der Waals surface area contributed by atoms with Crippen molar-refractivity contribution in [2.45, 2.75) is 52.6 Å². The molecule has 3 heteroatoms. The average Bonchev–Trinajstić information content (AvgIpc) is 2.11. The van der Waals surface area contributed by atoms with Crippen LogP contribution in [0.4, 0.5) is 0 Å². The molecule has 92 valence electrons. The van der Waals surface area contributed by atoms with Crippen LogP contribution in [0.3, 0.4) is 0 Å². The van der Waals surface area contributed by atoms with Crippen molar-refractivity contribution < 1.29 is 0 Å². The summed E-state index contributed by atoms with van der Waals surface area (Å²) in [4.78, 5) is 0. The molecule has 0 amide bonds. The minimum Gasteiger partial charge on any atom is -0.317 e. The quantitative estimate of drug-likeness (QED) is 0.647. The summed E-state index contributed by atoms with van der Waals surface area (Å²) in [6.07, 6.45) is 0. The molecule has 0 rings (SSSR count). The number of hydrogen-bond donors (Lipinski definition) is 0. The summed E-state index contributed by atoms with van der Waals surface area (Å²) in [6.45, 7) is 16.5. The molecular weight excluding hydrogens is 200 g/mol. The summed E-state index contributed by atoms with van der Waals surface area (Å²) in [5.74, 6) is 0. The largest absolute Gasteiger partial charge is 0.317 e. The molecule has 0 unspecified atom stereocenters. The Morgan fingerprint density at radius 3 is 1.27 bits per heavy atom. The molecule has 0 heterocycles. The minimum absolute atomic E-state index is 0.771. The van der Waals surface area contributed by atoms with E-state index in [2.05, 4.69) is 64.8 Å². The average molecular weight is 230 g/mol. The van der Waals surface area contributed by atoms with Crippen LogP contribution in [0.15, 0.2) is 0 Å². The predicted molar refractivity (Wildman–Crippen MR) is 72.6 cm³/mol. The normalized spacial score (nSPS) is 13.6. The van der Waals surface area contributed by atoms with E-state index in [1.54, 1.807) is 0 Å². The molecule has 0 bridgehead atoms. The van der Waals surface area contributed by atoms with Gasteiger partial charge in [-0.05, 0) is 38.3 Å². The molecule has 0 aliphatic rings. The Morgan fingerprint density at radius 2 is 1.20 bits per heavy atom. The standard InChI is InChI=1S/C12H30N2Si/c1-9-14(10-2)15(11(3)4,12(5)6)13(7)8/h11-12H,9-10H2,1-8H3. The Morgan fingerprint density at radius 1 is 0.867 bits per heavy atom. The fourth-order valence-corrected chi connectivity index (χ4v) is 9.88. The van der Waals surface area contributed by atoms with E-state index in [0.717, 1.165) is 11.1 Å². The summed E-state index contributed by atoms with van der Waals surface area (Å²) in [5.41, 5.74) is 1.54. The van der Waals surface area contributed by atoms with E-state index in [-0.39, 0.29) is 0 Å². The van der Waals surface area contributed by atoms with Gasteiger partial charge in [0.05, 0.1) is 0 Å². The lowest BCUT2D eigenvalue weighted by Crippen LogP contribution is -2.67. The van der Waals surface area contributed by atoms with Crippen molar-refractivity contribution in [2.75, 3.05) is 27.2 Å². The first-order chi connectivity index (χ1) is 6.85. The van der Waals surface area contributed by atoms with Crippen LogP contribution in [0.25, 0.3) is 0 Å². The van der Waals surface area contributed by atoms with Gasteiger partial charge in [-0.15, -0.1) is 0 Å². The summed E-state index contributed by atoms with van der Waals surface area (Å²) in [5, 5.41) is 0. The third kappa shape index (κ3) is 2.63. The van der Waals surface area contributed by atoms with Gasteiger partial charge in [-0.3, -0.25) is 0 Å². The second kappa shape index (κ2) is 6.02. The van der Waals surface area contributed by atoms with Crippen LogP contribution >= 0.6 is 0 Å². The lowest BCUT2D eigenvalue weighted by molar-refractivity contribution is 0.371. The summed E-state index contributed by atoms with van der Waals surface area (Å²) in [7, 11) is 3.05. The summed E-state index contributed by atoms with van der Waals surface area (Å²) < 4.78 is 5.26. The summed E-state index contributed by atoms with van der Waals surface area (Å²) in [6, 6.07) is 0. The molecule has 0 N–H and O–H groups in total. The van der Waals surface area contributed by atoms with Gasteiger partial charge in [0.2, 0.25) is 8.40 Å². The lowest BCUT2D eigenvalue weighted by atomic mass is 10.5. The van der Waals surface area contributed by atoms with Crippen LogP contribution in [-0.4, -0.2) is 44.7 Å². The fraction of sp³-hybridized carbons (Fsp3) is 1.00. The Balaban J connectivity index is 5.29. The summed E-state index contributed by atoms with van der Waals surface area (Å²) >= 11 is 0. The SMILES string of the molecule is CCN(CC)[Si](C(C)C)(C(C)C)N(C)C. The Hall–Kier alpha value is 0.137. The highest BCUT2D eigenvalue weighted by atomic mass is 28.4. The Kier molecular flexibility index (Phi) is 6.07. The van der Waals surface area contributed by atoms with Crippen LogP contribution in [0.1, 0.15) is 41.5 Å². The monoisotopic (exact) mass is 230 g/mol. The third-order valence-corrected chi connectivity index (χ3v) is 10.2. The van der Waals surface area contributed by atoms with Gasteiger partial charge in [0.1, 0.15) is 0 Å². The van der Waals surface area contributed by atoms with Gasteiger partial charge in [-0.2, -0.15) is 0 Å². The van der Waals surface area contributed by atoms with Crippen molar-refractivity contribution in [3.05, 3.63) is 0 Å². The van der Waals surface area contributed by atoms with Crippen molar-refractivity contribution in [1.82, 2.24) is 9.13 Å². The highest BCUT2D eigenvalue weighted by Crippen LogP contribution is 2.36. The zero-order valence-corrected chi connectivity index (χ0v) is 13.0. The molecule has 0 aromatic heterocycles. The lowest BCUT2D eigenvalue weighted by Gasteiger charge is -2.51. The molecule has 15 heavy (non-hydrogen) atoms. The number of rotatable bonds is 6. The molecule has 0 saturated carbocycles. The molecule has 0 atom stereocenters. The van der Waals surface area contributed by atoms with Crippen LogP contribution in [0.2, 0.25) is 11.1 Å². The second-order valence-electron chi connectivity index (χ2n) is 5.16. The van der Waals surface area contributed by atoms with Crippen molar-refractivity contribution >= 4 is 8.40 Å². The van der Waals surface area contributed by atoms with Gasteiger partial charge >= 0.3 is 0 Å². The van der Waals surface area contributed by atoms with E-state index >= 15 is 0 Å². The first-order valence-corrected chi connectivity index (χ1v) is 8.32. The van der Waals surface area contributed by atoms with Gasteiger partial charge in [-0.25, -0.2) is 0 Å². The Labute approximate surface area is 97.8 Å². The first kappa shape index (κ1) is 15.1. The molecule has 0 aromatic carbocycles. The maximum Gasteiger partial charge on any atom is 0.211 e. The molecule has 0 radical (unpaired) electrons. The zero-order valence-electron chi connectivity index (χ0n) is 12.0. The maximum absolute atomic E-state index is 2.72. The second-order valence-corrected chi connectivity index (χ2v) is 10.6. The van der Waals surface area contributed by atoms with E-state index in [9.17, 15) is 0 Å². The smallest absolute Gasteiger partial charge is 0.211 e. The Bertz CT molecular complexity index is 153. The number of nitrogens with zero attached hydrogens (tertiary/aromatic N) is 2. The van der Waals surface area contributed by atoms with Crippen LogP contribution in [-0.2, 0) is 0 Å². The first-order valence-electron chi connectivity index (χ1n) is 6.28. The van der Waals surface area contributed by atoms with Crippen LogP contribution in [0.5, 0.6) is 0 Å². The van der Waals surface area contributed by atoms with Gasteiger partial charge in [-0.1, -0.05) is 41.5 Å². The van der Waals surface area contributed by atoms with Gasteiger partial charge in [0.25, 0.3) is 0 Å². The maximum atomic E-state index is 2.72. The van der Waals surface area contributed by atoms with Gasteiger partial charge < -0.3 is 9.13 Å². The van der Waals surface area contributed by atoms with Crippen LogP contribution < -0.4 is 0 Å². The van der Waals surface area contributed by atoms with Crippen molar-refractivity contribution in [3.8, 4) is 0 Å². The molecule has 0 aliphatic carbocycles. The zero-order chi connectivity index (χ0) is 12.2. The van der Waals surface area contributed by atoms with Gasteiger partial charge in [0.15, 0.2) is 0 Å². The van der Waals surface area contributed by atoms with E-state index in [1.165, 1.54) is 13.1 Å². The predicted octanol–water partition coefficient (Wildman–Crippen LogP) is 3.15. The van der Waals surface area contributed by atoms with E-state index in [4.69, 9.17) is 0 Å². The molecule has 0 saturated heterocycles. The van der Waals surface area contributed by atoms with Gasteiger partial charge in [0, 0.05) is 0 Å². The van der Waals surface area contributed by atoms with E-state index in [0.29, 0.717) is 0 Å². The molecule has 0 spiro atoms. The fourth-order valence-electron chi connectivity index (χ4n) is 3.44. The highest BCUT2D eigenvalue weighted by molar-refractivity contribution is 6.77. The molecule has 0 aromatic rings. The topological polar surface area (TPSA) is 6.48 Å².